The van der Waals surface area contributed by atoms with E-state index < -0.39 is 0 Å². The summed E-state index contributed by atoms with van der Waals surface area (Å²) < 4.78 is 0. The maximum absolute atomic E-state index is 3.62. The Balaban J connectivity index is 2.21. The largest absolute Gasteiger partial charge is 0.311 e. The number of rotatable bonds is 8. The molecular weight excluding hydrogens is 208 g/mol. The molecule has 0 spiro atoms. The summed E-state index contributed by atoms with van der Waals surface area (Å²) in [5, 5.41) is 3.62. The van der Waals surface area contributed by atoms with Crippen molar-refractivity contribution in [1.29, 1.82) is 0 Å². The van der Waals surface area contributed by atoms with Crippen LogP contribution in [0, 0.1) is 0 Å². The maximum atomic E-state index is 3.62. The molecule has 0 bridgehead atoms. The summed E-state index contributed by atoms with van der Waals surface area (Å²) in [5.41, 5.74) is 0. The number of piperazine rings is 1. The molecule has 102 valence electrons. The number of hydrogen-bond acceptors (Lipinski definition) is 2. The van der Waals surface area contributed by atoms with E-state index in [2.05, 4.69) is 31.0 Å². The molecule has 2 atom stereocenters. The third kappa shape index (κ3) is 5.87. The van der Waals surface area contributed by atoms with Crippen LogP contribution in [0.5, 0.6) is 0 Å². The predicted molar refractivity (Wildman–Crippen MR) is 76.5 cm³/mol. The standard InChI is InChI=1S/C15H32N2/c1-4-6-7-8-9-11-17-13-14(3)16-12-15(17)10-5-2/h14-16H,4-13H2,1-3H3. The van der Waals surface area contributed by atoms with Gasteiger partial charge in [0.25, 0.3) is 0 Å². The van der Waals surface area contributed by atoms with Gasteiger partial charge in [0.1, 0.15) is 0 Å². The molecule has 1 saturated heterocycles. The Labute approximate surface area is 108 Å². The summed E-state index contributed by atoms with van der Waals surface area (Å²) >= 11 is 0. The molecule has 2 unspecified atom stereocenters. The summed E-state index contributed by atoms with van der Waals surface area (Å²) in [5.74, 6) is 0. The second-order valence-electron chi connectivity index (χ2n) is 5.66. The van der Waals surface area contributed by atoms with Gasteiger partial charge in [0.15, 0.2) is 0 Å². The van der Waals surface area contributed by atoms with Gasteiger partial charge >= 0.3 is 0 Å². The van der Waals surface area contributed by atoms with E-state index in [-0.39, 0.29) is 0 Å². The van der Waals surface area contributed by atoms with Crippen molar-refractivity contribution in [3.05, 3.63) is 0 Å². The van der Waals surface area contributed by atoms with Gasteiger partial charge in [0.2, 0.25) is 0 Å². The Kier molecular flexibility index (Phi) is 7.87. The van der Waals surface area contributed by atoms with Crippen LogP contribution in [0.4, 0.5) is 0 Å². The smallest absolute Gasteiger partial charge is 0.0221 e. The molecule has 0 radical (unpaired) electrons. The Hall–Kier alpha value is -0.0800. The molecule has 0 aliphatic carbocycles. The minimum absolute atomic E-state index is 0.679. The van der Waals surface area contributed by atoms with Gasteiger partial charge in [-0.3, -0.25) is 4.90 Å². The first-order valence-electron chi connectivity index (χ1n) is 7.75. The summed E-state index contributed by atoms with van der Waals surface area (Å²) in [6.07, 6.45) is 9.68. The number of unbranched alkanes of at least 4 members (excludes halogenated alkanes) is 4. The fraction of sp³-hybridized carbons (Fsp3) is 1.00. The van der Waals surface area contributed by atoms with Gasteiger partial charge in [-0.1, -0.05) is 46.0 Å². The third-order valence-electron chi connectivity index (χ3n) is 3.90. The first-order valence-corrected chi connectivity index (χ1v) is 7.75. The lowest BCUT2D eigenvalue weighted by atomic mass is 10.0. The SMILES string of the molecule is CCCCCCCN1CC(C)NCC1CCC. The van der Waals surface area contributed by atoms with Gasteiger partial charge in [-0.25, -0.2) is 0 Å². The second kappa shape index (κ2) is 8.93. The summed E-state index contributed by atoms with van der Waals surface area (Å²) in [6, 6.07) is 1.47. The van der Waals surface area contributed by atoms with Crippen molar-refractivity contribution in [2.75, 3.05) is 19.6 Å². The molecule has 0 saturated carbocycles. The molecule has 1 aliphatic heterocycles. The molecule has 1 heterocycles. The average Bonchev–Trinajstić information content (AvgIpc) is 2.32. The Bertz CT molecular complexity index is 182. The van der Waals surface area contributed by atoms with Gasteiger partial charge in [0.05, 0.1) is 0 Å². The van der Waals surface area contributed by atoms with E-state index in [1.807, 2.05) is 0 Å². The lowest BCUT2D eigenvalue weighted by molar-refractivity contribution is 0.125. The van der Waals surface area contributed by atoms with E-state index in [4.69, 9.17) is 0 Å². The van der Waals surface area contributed by atoms with Crippen LogP contribution in [0.25, 0.3) is 0 Å². The molecule has 0 aromatic carbocycles. The van der Waals surface area contributed by atoms with Crippen molar-refractivity contribution in [1.82, 2.24) is 10.2 Å². The van der Waals surface area contributed by atoms with Gasteiger partial charge in [-0.15, -0.1) is 0 Å². The minimum Gasteiger partial charge on any atom is -0.311 e. The second-order valence-corrected chi connectivity index (χ2v) is 5.66. The summed E-state index contributed by atoms with van der Waals surface area (Å²) in [7, 11) is 0. The zero-order chi connectivity index (χ0) is 12.5. The van der Waals surface area contributed by atoms with Gasteiger partial charge in [-0.2, -0.15) is 0 Å². The van der Waals surface area contributed by atoms with Crippen molar-refractivity contribution >= 4 is 0 Å². The molecular formula is C15H32N2. The van der Waals surface area contributed by atoms with Crippen LogP contribution in [0.3, 0.4) is 0 Å². The van der Waals surface area contributed by atoms with Gasteiger partial charge in [-0.05, 0) is 26.3 Å². The van der Waals surface area contributed by atoms with E-state index in [0.717, 1.165) is 6.04 Å². The highest BCUT2D eigenvalue weighted by Gasteiger charge is 2.24. The van der Waals surface area contributed by atoms with Crippen LogP contribution in [0.2, 0.25) is 0 Å². The fourth-order valence-corrected chi connectivity index (χ4v) is 2.84. The first-order chi connectivity index (χ1) is 8.27. The number of nitrogens with zero attached hydrogens (tertiary/aromatic N) is 1. The zero-order valence-corrected chi connectivity index (χ0v) is 12.2. The molecule has 0 aromatic rings. The molecule has 1 fully saturated rings. The highest BCUT2D eigenvalue weighted by atomic mass is 15.2. The van der Waals surface area contributed by atoms with E-state index in [0.29, 0.717) is 6.04 Å². The zero-order valence-electron chi connectivity index (χ0n) is 12.2. The van der Waals surface area contributed by atoms with Crippen LogP contribution in [0.15, 0.2) is 0 Å². The normalized spacial score (nSPS) is 26.3. The van der Waals surface area contributed by atoms with Crippen molar-refractivity contribution in [3.8, 4) is 0 Å². The molecule has 1 N–H and O–H groups in total. The van der Waals surface area contributed by atoms with E-state index in [1.165, 1.54) is 64.6 Å². The van der Waals surface area contributed by atoms with Crippen LogP contribution in [-0.4, -0.2) is 36.6 Å². The van der Waals surface area contributed by atoms with Crippen LogP contribution < -0.4 is 5.32 Å². The summed E-state index contributed by atoms with van der Waals surface area (Å²) in [4.78, 5) is 2.73. The maximum Gasteiger partial charge on any atom is 0.0221 e. The molecule has 1 rings (SSSR count). The Morgan fingerprint density at radius 2 is 1.82 bits per heavy atom. The quantitative estimate of drug-likeness (QED) is 0.654. The molecule has 2 heteroatoms. The average molecular weight is 240 g/mol. The minimum atomic E-state index is 0.679. The molecule has 0 amide bonds. The summed E-state index contributed by atoms with van der Waals surface area (Å²) in [6.45, 7) is 10.7. The lowest BCUT2D eigenvalue weighted by Gasteiger charge is -2.39. The van der Waals surface area contributed by atoms with E-state index >= 15 is 0 Å². The lowest BCUT2D eigenvalue weighted by Crippen LogP contribution is -2.55. The van der Waals surface area contributed by atoms with Crippen molar-refractivity contribution in [2.45, 2.75) is 77.8 Å². The fourth-order valence-electron chi connectivity index (χ4n) is 2.84. The van der Waals surface area contributed by atoms with Gasteiger partial charge in [0, 0.05) is 25.2 Å². The molecule has 1 aliphatic rings. The Morgan fingerprint density at radius 1 is 1.06 bits per heavy atom. The van der Waals surface area contributed by atoms with Crippen LogP contribution in [-0.2, 0) is 0 Å². The van der Waals surface area contributed by atoms with Crippen molar-refractivity contribution in [2.24, 2.45) is 0 Å². The first kappa shape index (κ1) is 15.0. The van der Waals surface area contributed by atoms with Crippen LogP contribution in [0.1, 0.15) is 65.7 Å². The Morgan fingerprint density at radius 3 is 2.53 bits per heavy atom. The van der Waals surface area contributed by atoms with Gasteiger partial charge < -0.3 is 5.32 Å². The highest BCUT2D eigenvalue weighted by molar-refractivity contribution is 4.83. The molecule has 0 aromatic heterocycles. The number of nitrogens with one attached hydrogen (secondary N) is 1. The van der Waals surface area contributed by atoms with Crippen LogP contribution >= 0.6 is 0 Å². The van der Waals surface area contributed by atoms with Crippen molar-refractivity contribution in [3.63, 3.8) is 0 Å². The van der Waals surface area contributed by atoms with E-state index in [9.17, 15) is 0 Å². The topological polar surface area (TPSA) is 15.3 Å². The molecule has 17 heavy (non-hydrogen) atoms. The third-order valence-corrected chi connectivity index (χ3v) is 3.90. The van der Waals surface area contributed by atoms with E-state index in [1.54, 1.807) is 0 Å². The highest BCUT2D eigenvalue weighted by Crippen LogP contribution is 2.14. The number of hydrogen-bond donors (Lipinski definition) is 1. The van der Waals surface area contributed by atoms with Crippen molar-refractivity contribution < 1.29 is 0 Å². The monoisotopic (exact) mass is 240 g/mol. The molecule has 2 nitrogen and oxygen atoms in total. The predicted octanol–water partition coefficient (Wildman–Crippen LogP) is 3.42.